The van der Waals surface area contributed by atoms with Crippen molar-refractivity contribution in [1.82, 2.24) is 5.43 Å². The summed E-state index contributed by atoms with van der Waals surface area (Å²) in [4.78, 5) is 11.8. The first-order valence-corrected chi connectivity index (χ1v) is 7.28. The summed E-state index contributed by atoms with van der Waals surface area (Å²) in [7, 11) is 0. The number of hydrazone groups is 1. The highest BCUT2D eigenvalue weighted by Gasteiger charge is 2.05. The van der Waals surface area contributed by atoms with Gasteiger partial charge in [-0.2, -0.15) is 5.10 Å². The van der Waals surface area contributed by atoms with Gasteiger partial charge < -0.3 is 9.84 Å². The molecule has 2 aromatic carbocycles. The molecule has 0 radical (unpaired) electrons. The molecular formula is C18H20N2O3. The van der Waals surface area contributed by atoms with Crippen molar-refractivity contribution in [3.8, 4) is 11.5 Å². The summed E-state index contributed by atoms with van der Waals surface area (Å²) in [6, 6.07) is 12.4. The molecular weight excluding hydrogens is 292 g/mol. The summed E-state index contributed by atoms with van der Waals surface area (Å²) in [6.45, 7) is 5.62. The van der Waals surface area contributed by atoms with Crippen molar-refractivity contribution in [2.75, 3.05) is 6.61 Å². The van der Waals surface area contributed by atoms with E-state index in [0.717, 1.165) is 16.7 Å². The predicted octanol–water partition coefficient (Wildman–Crippen LogP) is 2.93. The minimum absolute atomic E-state index is 0.101. The third-order valence-corrected chi connectivity index (χ3v) is 3.32. The van der Waals surface area contributed by atoms with Crippen molar-refractivity contribution in [1.29, 1.82) is 0 Å². The lowest BCUT2D eigenvalue weighted by Gasteiger charge is -2.09. The first-order chi connectivity index (χ1) is 11.0. The molecule has 2 rings (SSSR count). The van der Waals surface area contributed by atoms with Crippen LogP contribution in [0.3, 0.4) is 0 Å². The number of phenols is 1. The zero-order chi connectivity index (χ0) is 16.8. The Morgan fingerprint density at radius 3 is 2.52 bits per heavy atom. The summed E-state index contributed by atoms with van der Waals surface area (Å²) in [5, 5.41) is 13.3. The van der Waals surface area contributed by atoms with E-state index in [9.17, 15) is 9.90 Å². The van der Waals surface area contributed by atoms with Crippen molar-refractivity contribution >= 4 is 11.6 Å². The van der Waals surface area contributed by atoms with E-state index < -0.39 is 0 Å². The Hall–Kier alpha value is -2.82. The van der Waals surface area contributed by atoms with Gasteiger partial charge in [0.05, 0.1) is 5.71 Å². The van der Waals surface area contributed by atoms with Crippen molar-refractivity contribution in [3.63, 3.8) is 0 Å². The SMILES string of the molecule is CC(=NNC(=O)COc1ccc(C)cc1C)c1ccc(O)cc1. The Balaban J connectivity index is 1.89. The molecule has 0 spiro atoms. The maximum atomic E-state index is 11.8. The summed E-state index contributed by atoms with van der Waals surface area (Å²) < 4.78 is 5.49. The summed E-state index contributed by atoms with van der Waals surface area (Å²) in [5.41, 5.74) is 6.05. The number of aromatic hydroxyl groups is 1. The monoisotopic (exact) mass is 312 g/mol. The van der Waals surface area contributed by atoms with Crippen LogP contribution < -0.4 is 10.2 Å². The Morgan fingerprint density at radius 1 is 1.17 bits per heavy atom. The molecule has 0 saturated carbocycles. The number of phenolic OH excluding ortho intramolecular Hbond substituents is 1. The van der Waals surface area contributed by atoms with E-state index in [4.69, 9.17) is 4.74 Å². The molecule has 0 aliphatic heterocycles. The molecule has 2 aromatic rings. The third kappa shape index (κ3) is 4.85. The van der Waals surface area contributed by atoms with Gasteiger partial charge in [-0.3, -0.25) is 4.79 Å². The number of nitrogens with one attached hydrogen (secondary N) is 1. The zero-order valence-corrected chi connectivity index (χ0v) is 13.5. The average molecular weight is 312 g/mol. The molecule has 0 fully saturated rings. The van der Waals surface area contributed by atoms with Crippen molar-refractivity contribution in [2.45, 2.75) is 20.8 Å². The van der Waals surface area contributed by atoms with E-state index in [1.807, 2.05) is 32.0 Å². The second kappa shape index (κ2) is 7.45. The van der Waals surface area contributed by atoms with Gasteiger partial charge in [-0.25, -0.2) is 5.43 Å². The average Bonchev–Trinajstić information content (AvgIpc) is 2.52. The predicted molar refractivity (Wildman–Crippen MR) is 89.9 cm³/mol. The molecule has 0 aromatic heterocycles. The fourth-order valence-corrected chi connectivity index (χ4v) is 2.05. The Kier molecular flexibility index (Phi) is 5.36. The van der Waals surface area contributed by atoms with Crippen LogP contribution in [0.2, 0.25) is 0 Å². The lowest BCUT2D eigenvalue weighted by atomic mass is 10.1. The van der Waals surface area contributed by atoms with Crippen LogP contribution in [0.1, 0.15) is 23.6 Å². The quantitative estimate of drug-likeness (QED) is 0.659. The third-order valence-electron chi connectivity index (χ3n) is 3.32. The number of ether oxygens (including phenoxy) is 1. The second-order valence-electron chi connectivity index (χ2n) is 5.34. The normalized spacial score (nSPS) is 11.2. The molecule has 0 bridgehead atoms. The summed E-state index contributed by atoms with van der Waals surface area (Å²) in [5.74, 6) is 0.542. The van der Waals surface area contributed by atoms with Crippen molar-refractivity contribution in [2.24, 2.45) is 5.10 Å². The van der Waals surface area contributed by atoms with Gasteiger partial charge >= 0.3 is 0 Å². The van der Waals surface area contributed by atoms with Gasteiger partial charge in [0.15, 0.2) is 6.61 Å². The smallest absolute Gasteiger partial charge is 0.277 e. The van der Waals surface area contributed by atoms with Crippen LogP contribution in [0.15, 0.2) is 47.6 Å². The molecule has 5 heteroatoms. The van der Waals surface area contributed by atoms with E-state index >= 15 is 0 Å². The van der Waals surface area contributed by atoms with Crippen LogP contribution >= 0.6 is 0 Å². The minimum atomic E-state index is -0.330. The fourth-order valence-electron chi connectivity index (χ4n) is 2.05. The van der Waals surface area contributed by atoms with E-state index in [2.05, 4.69) is 10.5 Å². The zero-order valence-electron chi connectivity index (χ0n) is 13.5. The van der Waals surface area contributed by atoms with Gasteiger partial charge in [-0.1, -0.05) is 17.7 Å². The fraction of sp³-hybridized carbons (Fsp3) is 0.222. The second-order valence-corrected chi connectivity index (χ2v) is 5.34. The molecule has 0 aliphatic carbocycles. The first kappa shape index (κ1) is 16.5. The molecule has 1 amide bonds. The van der Waals surface area contributed by atoms with Crippen LogP contribution in [-0.4, -0.2) is 23.3 Å². The van der Waals surface area contributed by atoms with Gasteiger partial charge in [0.2, 0.25) is 0 Å². The van der Waals surface area contributed by atoms with Crippen molar-refractivity contribution < 1.29 is 14.6 Å². The molecule has 0 atom stereocenters. The molecule has 5 nitrogen and oxygen atoms in total. The number of carbonyl (C=O) groups is 1. The van der Waals surface area contributed by atoms with Crippen LogP contribution in [0.4, 0.5) is 0 Å². The van der Waals surface area contributed by atoms with Gasteiger partial charge in [0.1, 0.15) is 11.5 Å². The Morgan fingerprint density at radius 2 is 1.87 bits per heavy atom. The molecule has 0 aliphatic rings. The van der Waals surface area contributed by atoms with Crippen LogP contribution in [0.25, 0.3) is 0 Å². The van der Waals surface area contributed by atoms with Gasteiger partial charge in [-0.15, -0.1) is 0 Å². The topological polar surface area (TPSA) is 70.9 Å². The van der Waals surface area contributed by atoms with E-state index in [1.54, 1.807) is 31.2 Å². The Bertz CT molecular complexity index is 722. The van der Waals surface area contributed by atoms with E-state index in [-0.39, 0.29) is 18.3 Å². The van der Waals surface area contributed by atoms with Gasteiger partial charge in [0, 0.05) is 0 Å². The van der Waals surface area contributed by atoms with Crippen LogP contribution in [0, 0.1) is 13.8 Å². The van der Waals surface area contributed by atoms with Crippen LogP contribution in [0.5, 0.6) is 11.5 Å². The summed E-state index contributed by atoms with van der Waals surface area (Å²) in [6.07, 6.45) is 0. The molecule has 0 heterocycles. The number of amides is 1. The number of benzene rings is 2. The highest BCUT2D eigenvalue weighted by atomic mass is 16.5. The molecule has 120 valence electrons. The number of rotatable bonds is 5. The number of nitrogens with zero attached hydrogens (tertiary/aromatic N) is 1. The number of hydrogen-bond acceptors (Lipinski definition) is 4. The van der Waals surface area contributed by atoms with Crippen LogP contribution in [-0.2, 0) is 4.79 Å². The lowest BCUT2D eigenvalue weighted by molar-refractivity contribution is -0.123. The molecule has 2 N–H and O–H groups in total. The molecule has 0 saturated heterocycles. The minimum Gasteiger partial charge on any atom is -0.508 e. The van der Waals surface area contributed by atoms with Gasteiger partial charge in [-0.05, 0) is 62.2 Å². The number of carbonyl (C=O) groups excluding carboxylic acids is 1. The lowest BCUT2D eigenvalue weighted by Crippen LogP contribution is -2.25. The maximum Gasteiger partial charge on any atom is 0.277 e. The standard InChI is InChI=1S/C18H20N2O3/c1-12-4-9-17(13(2)10-12)23-11-18(22)20-19-14(3)15-5-7-16(21)8-6-15/h4-10,21H,11H2,1-3H3,(H,20,22). The molecule has 0 unspecified atom stereocenters. The highest BCUT2D eigenvalue weighted by Crippen LogP contribution is 2.18. The van der Waals surface area contributed by atoms with Gasteiger partial charge in [0.25, 0.3) is 5.91 Å². The van der Waals surface area contributed by atoms with Crippen molar-refractivity contribution in [3.05, 3.63) is 59.2 Å². The maximum absolute atomic E-state index is 11.8. The number of aryl methyl sites for hydroxylation is 2. The van der Waals surface area contributed by atoms with E-state index in [1.165, 1.54) is 0 Å². The highest BCUT2D eigenvalue weighted by molar-refractivity contribution is 5.99. The van der Waals surface area contributed by atoms with E-state index in [0.29, 0.717) is 11.5 Å². The molecule has 23 heavy (non-hydrogen) atoms. The number of hydrogen-bond donors (Lipinski definition) is 2. The largest absolute Gasteiger partial charge is 0.508 e. The summed E-state index contributed by atoms with van der Waals surface area (Å²) >= 11 is 0. The first-order valence-electron chi connectivity index (χ1n) is 7.28. The Labute approximate surface area is 135 Å².